The highest BCUT2D eigenvalue weighted by atomic mass is 19.4. The van der Waals surface area contributed by atoms with E-state index in [9.17, 15) is 18.0 Å². The first kappa shape index (κ1) is 16.1. The van der Waals surface area contributed by atoms with Gasteiger partial charge >= 0.3 is 6.36 Å². The van der Waals surface area contributed by atoms with Gasteiger partial charge in [-0.3, -0.25) is 4.79 Å². The minimum Gasteiger partial charge on any atom is -0.406 e. The first-order valence-corrected chi connectivity index (χ1v) is 7.54. The minimum atomic E-state index is -4.74. The Labute approximate surface area is 144 Å². The molecule has 26 heavy (non-hydrogen) atoms. The van der Waals surface area contributed by atoms with Crippen molar-refractivity contribution in [3.05, 3.63) is 60.2 Å². The summed E-state index contributed by atoms with van der Waals surface area (Å²) in [5, 5.41) is 9.95. The monoisotopic (exact) mass is 357 g/mol. The maximum atomic E-state index is 12.3. The summed E-state index contributed by atoms with van der Waals surface area (Å²) in [7, 11) is 0. The standard InChI is InChI=1S/C18H10F3N3O2/c19-18(20,21)26-14-5-3-13(4-6-14)24-16-8-2-12-9-11(10-25)1-7-15(12)17(16)22-23-24/h1-10H. The van der Waals surface area contributed by atoms with E-state index in [1.54, 1.807) is 24.3 Å². The van der Waals surface area contributed by atoms with Crippen LogP contribution in [0.25, 0.3) is 27.5 Å². The number of rotatable bonds is 3. The molecule has 1 heterocycles. The Kier molecular flexibility index (Phi) is 3.61. The molecule has 8 heteroatoms. The molecule has 0 N–H and O–H groups in total. The second-order valence-corrected chi connectivity index (χ2v) is 5.57. The van der Waals surface area contributed by atoms with Crippen LogP contribution in [-0.2, 0) is 0 Å². The average molecular weight is 357 g/mol. The van der Waals surface area contributed by atoms with E-state index in [1.165, 1.54) is 28.9 Å². The fourth-order valence-corrected chi connectivity index (χ4v) is 2.79. The number of benzene rings is 3. The van der Waals surface area contributed by atoms with Crippen LogP contribution in [0.3, 0.4) is 0 Å². The molecule has 0 bridgehead atoms. The van der Waals surface area contributed by atoms with Gasteiger partial charge in [-0.25, -0.2) is 4.68 Å². The molecule has 0 aliphatic rings. The van der Waals surface area contributed by atoms with E-state index in [-0.39, 0.29) is 5.75 Å². The van der Waals surface area contributed by atoms with Crippen LogP contribution < -0.4 is 4.74 Å². The van der Waals surface area contributed by atoms with Gasteiger partial charge in [0.05, 0.1) is 11.2 Å². The molecule has 5 nitrogen and oxygen atoms in total. The molecule has 4 rings (SSSR count). The van der Waals surface area contributed by atoms with Crippen LogP contribution in [0, 0.1) is 0 Å². The Morgan fingerprint density at radius 3 is 2.46 bits per heavy atom. The minimum absolute atomic E-state index is 0.308. The molecule has 0 saturated carbocycles. The van der Waals surface area contributed by atoms with Crippen LogP contribution in [-0.4, -0.2) is 27.6 Å². The van der Waals surface area contributed by atoms with Crippen molar-refractivity contribution in [2.45, 2.75) is 6.36 Å². The Morgan fingerprint density at radius 2 is 1.77 bits per heavy atom. The van der Waals surface area contributed by atoms with Crippen LogP contribution in [0.5, 0.6) is 5.75 Å². The van der Waals surface area contributed by atoms with Crippen molar-refractivity contribution in [1.82, 2.24) is 15.0 Å². The molecule has 0 aliphatic heterocycles. The summed E-state index contributed by atoms with van der Waals surface area (Å²) in [5.74, 6) is -0.308. The lowest BCUT2D eigenvalue weighted by atomic mass is 10.1. The Bertz CT molecular complexity index is 1120. The number of aldehydes is 1. The highest BCUT2D eigenvalue weighted by Crippen LogP contribution is 2.27. The van der Waals surface area contributed by atoms with E-state index in [0.717, 1.165) is 17.1 Å². The molecular weight excluding hydrogens is 347 g/mol. The third-order valence-corrected chi connectivity index (χ3v) is 3.91. The van der Waals surface area contributed by atoms with Gasteiger partial charge in [0.2, 0.25) is 0 Å². The number of alkyl halides is 3. The zero-order valence-corrected chi connectivity index (χ0v) is 13.1. The molecule has 0 atom stereocenters. The molecule has 3 aromatic carbocycles. The van der Waals surface area contributed by atoms with Gasteiger partial charge in [-0.15, -0.1) is 18.3 Å². The highest BCUT2D eigenvalue weighted by Gasteiger charge is 2.31. The summed E-state index contributed by atoms with van der Waals surface area (Å²) in [5.41, 5.74) is 2.44. The number of halogens is 3. The van der Waals surface area contributed by atoms with Gasteiger partial charge in [-0.1, -0.05) is 23.4 Å². The molecule has 0 aliphatic carbocycles. The third-order valence-electron chi connectivity index (χ3n) is 3.91. The Balaban J connectivity index is 1.77. The average Bonchev–Trinajstić information content (AvgIpc) is 3.05. The van der Waals surface area contributed by atoms with Gasteiger partial charge in [0, 0.05) is 10.9 Å². The van der Waals surface area contributed by atoms with Crippen molar-refractivity contribution < 1.29 is 22.7 Å². The largest absolute Gasteiger partial charge is 0.573 e. The number of aromatic nitrogens is 3. The first-order valence-electron chi connectivity index (χ1n) is 7.54. The van der Waals surface area contributed by atoms with Gasteiger partial charge in [0.15, 0.2) is 0 Å². The zero-order chi connectivity index (χ0) is 18.3. The lowest BCUT2D eigenvalue weighted by Crippen LogP contribution is -2.17. The van der Waals surface area contributed by atoms with Crippen molar-refractivity contribution in [3.8, 4) is 11.4 Å². The number of carbonyl (C=O) groups is 1. The summed E-state index contributed by atoms with van der Waals surface area (Å²) in [6.07, 6.45) is -3.97. The quantitative estimate of drug-likeness (QED) is 0.514. The van der Waals surface area contributed by atoms with Gasteiger partial charge in [0.25, 0.3) is 0 Å². The summed E-state index contributed by atoms with van der Waals surface area (Å²) in [6.45, 7) is 0. The lowest BCUT2D eigenvalue weighted by molar-refractivity contribution is -0.274. The summed E-state index contributed by atoms with van der Waals surface area (Å²) in [6, 6.07) is 14.2. The Morgan fingerprint density at radius 1 is 1.00 bits per heavy atom. The highest BCUT2D eigenvalue weighted by molar-refractivity contribution is 6.05. The maximum absolute atomic E-state index is 12.3. The van der Waals surface area contributed by atoms with Crippen molar-refractivity contribution >= 4 is 28.1 Å². The molecule has 4 aromatic rings. The predicted octanol–water partition coefficient (Wildman–Crippen LogP) is 4.28. The van der Waals surface area contributed by atoms with Crippen LogP contribution in [0.4, 0.5) is 13.2 Å². The van der Waals surface area contributed by atoms with Crippen LogP contribution >= 0.6 is 0 Å². The molecular formula is C18H10F3N3O2. The zero-order valence-electron chi connectivity index (χ0n) is 13.1. The van der Waals surface area contributed by atoms with Gasteiger partial charge in [-0.2, -0.15) is 0 Å². The van der Waals surface area contributed by atoms with E-state index < -0.39 is 6.36 Å². The SMILES string of the molecule is O=Cc1ccc2c(ccc3c2nnn3-c2ccc(OC(F)(F)F)cc2)c1. The number of hydrogen-bond donors (Lipinski definition) is 0. The summed E-state index contributed by atoms with van der Waals surface area (Å²) in [4.78, 5) is 10.9. The van der Waals surface area contributed by atoms with E-state index in [1.807, 2.05) is 6.07 Å². The van der Waals surface area contributed by atoms with E-state index in [4.69, 9.17) is 0 Å². The van der Waals surface area contributed by atoms with E-state index in [2.05, 4.69) is 15.0 Å². The molecule has 0 amide bonds. The fraction of sp³-hybridized carbons (Fsp3) is 0.0556. The number of carbonyl (C=O) groups excluding carboxylic acids is 1. The number of ether oxygens (including phenoxy) is 1. The third kappa shape index (κ3) is 2.85. The number of nitrogens with zero attached hydrogens (tertiary/aromatic N) is 3. The van der Waals surface area contributed by atoms with E-state index in [0.29, 0.717) is 22.3 Å². The summed E-state index contributed by atoms with van der Waals surface area (Å²) >= 11 is 0. The van der Waals surface area contributed by atoms with Gasteiger partial charge in [-0.05, 0) is 41.8 Å². The van der Waals surface area contributed by atoms with Crippen molar-refractivity contribution in [2.24, 2.45) is 0 Å². The van der Waals surface area contributed by atoms with Crippen LogP contribution in [0.1, 0.15) is 10.4 Å². The molecule has 1 aromatic heterocycles. The van der Waals surface area contributed by atoms with Crippen molar-refractivity contribution in [1.29, 1.82) is 0 Å². The topological polar surface area (TPSA) is 57.0 Å². The molecule has 0 spiro atoms. The molecule has 0 saturated heterocycles. The lowest BCUT2D eigenvalue weighted by Gasteiger charge is -2.09. The second-order valence-electron chi connectivity index (χ2n) is 5.57. The van der Waals surface area contributed by atoms with Crippen molar-refractivity contribution in [2.75, 3.05) is 0 Å². The number of fused-ring (bicyclic) bond motifs is 3. The van der Waals surface area contributed by atoms with Gasteiger partial charge in [0.1, 0.15) is 17.6 Å². The Hall–Kier alpha value is -3.42. The van der Waals surface area contributed by atoms with Crippen LogP contribution in [0.2, 0.25) is 0 Å². The molecule has 0 fully saturated rings. The maximum Gasteiger partial charge on any atom is 0.573 e. The van der Waals surface area contributed by atoms with E-state index >= 15 is 0 Å². The van der Waals surface area contributed by atoms with Crippen molar-refractivity contribution in [3.63, 3.8) is 0 Å². The predicted molar refractivity (Wildman–Crippen MR) is 88.4 cm³/mol. The first-order chi connectivity index (χ1) is 12.4. The normalized spacial score (nSPS) is 11.8. The van der Waals surface area contributed by atoms with Crippen LogP contribution in [0.15, 0.2) is 54.6 Å². The fourth-order valence-electron chi connectivity index (χ4n) is 2.79. The number of hydrogen-bond acceptors (Lipinski definition) is 4. The second kappa shape index (κ2) is 5.83. The molecule has 0 radical (unpaired) electrons. The molecule has 0 unspecified atom stereocenters. The van der Waals surface area contributed by atoms with Gasteiger partial charge < -0.3 is 4.74 Å². The molecule has 130 valence electrons. The summed E-state index contributed by atoms with van der Waals surface area (Å²) < 4.78 is 42.2. The smallest absolute Gasteiger partial charge is 0.406 e.